The fraction of sp³-hybridized carbons (Fsp3) is 0.333. The molecular formula is C33H30Cl2N3O6P. The molecule has 3 fully saturated rings. The monoisotopic (exact) mass is 665 g/mol. The fourth-order valence-corrected chi connectivity index (χ4v) is 9.45. The molecule has 4 aromatic rings. The maximum absolute atomic E-state index is 14.2. The number of phosphoric ester groups is 1. The van der Waals surface area contributed by atoms with E-state index in [2.05, 4.69) is 0 Å². The van der Waals surface area contributed by atoms with Crippen molar-refractivity contribution in [1.82, 2.24) is 0 Å². The van der Waals surface area contributed by atoms with Gasteiger partial charge in [0.05, 0.1) is 16.5 Å². The van der Waals surface area contributed by atoms with E-state index in [0.717, 1.165) is 33.0 Å². The van der Waals surface area contributed by atoms with E-state index in [1.54, 1.807) is 17.0 Å². The van der Waals surface area contributed by atoms with Gasteiger partial charge in [-0.15, -0.1) is 23.2 Å². The number of carbonyl (C=O) groups is 2. The van der Waals surface area contributed by atoms with Crippen molar-refractivity contribution in [3.63, 3.8) is 0 Å². The highest BCUT2D eigenvalue weighted by atomic mass is 35.5. The van der Waals surface area contributed by atoms with Crippen molar-refractivity contribution < 1.29 is 28.5 Å². The van der Waals surface area contributed by atoms with Gasteiger partial charge in [-0.05, 0) is 47.2 Å². The van der Waals surface area contributed by atoms with Crippen molar-refractivity contribution >= 4 is 81.4 Å². The van der Waals surface area contributed by atoms with Gasteiger partial charge in [-0.3, -0.25) is 19.4 Å². The van der Waals surface area contributed by atoms with Crippen LogP contribution in [0.15, 0.2) is 60.7 Å². The molecule has 2 bridgehead atoms. The van der Waals surface area contributed by atoms with Gasteiger partial charge in [-0.25, -0.2) is 4.57 Å². The molecule has 5 aliphatic rings. The Labute approximate surface area is 269 Å². The van der Waals surface area contributed by atoms with Gasteiger partial charge in [0.1, 0.15) is 5.75 Å². The number of nitrogens with zero attached hydrogens (tertiary/aromatic N) is 2. The molecule has 12 heteroatoms. The third-order valence-corrected chi connectivity index (χ3v) is 11.5. The predicted octanol–water partition coefficient (Wildman–Crippen LogP) is 6.26. The molecule has 2 atom stereocenters. The number of halogens is 2. The summed E-state index contributed by atoms with van der Waals surface area (Å²) in [7, 11) is -4.87. The molecular weight excluding hydrogens is 636 g/mol. The van der Waals surface area contributed by atoms with Crippen LogP contribution in [0.2, 0.25) is 0 Å². The molecule has 9 nitrogen and oxygen atoms in total. The maximum atomic E-state index is 14.2. The van der Waals surface area contributed by atoms with Crippen LogP contribution >= 0.6 is 31.0 Å². The van der Waals surface area contributed by atoms with E-state index in [0.29, 0.717) is 55.0 Å². The first-order valence-electron chi connectivity index (χ1n) is 14.9. The van der Waals surface area contributed by atoms with Crippen molar-refractivity contribution in [2.45, 2.75) is 31.1 Å². The zero-order valence-electron chi connectivity index (χ0n) is 24.1. The van der Waals surface area contributed by atoms with E-state index >= 15 is 0 Å². The molecule has 0 radical (unpaired) electrons. The summed E-state index contributed by atoms with van der Waals surface area (Å²) in [4.78, 5) is 51.1. The topological polar surface area (TPSA) is 133 Å². The fourth-order valence-electron chi connectivity index (χ4n) is 8.54. The SMILES string of the molecule is Nc1cc2c(c3ccccc13)C(CCl)CN2C(=O)C12CC(C(=O)N3CC(CCl)c4c3cc(OP(=O)(O)O)c3ccccc43)(C1)C2. The van der Waals surface area contributed by atoms with Gasteiger partial charge in [0.2, 0.25) is 11.8 Å². The lowest BCUT2D eigenvalue weighted by molar-refractivity contribution is -0.204. The van der Waals surface area contributed by atoms with Crippen LogP contribution in [0.4, 0.5) is 17.1 Å². The minimum absolute atomic E-state index is 0.00305. The molecule has 0 saturated heterocycles. The highest BCUT2D eigenvalue weighted by Gasteiger charge is 2.76. The van der Waals surface area contributed by atoms with Crippen molar-refractivity contribution in [2.24, 2.45) is 10.8 Å². The van der Waals surface area contributed by atoms with Gasteiger partial charge in [0.15, 0.2) is 0 Å². The van der Waals surface area contributed by atoms with E-state index in [4.69, 9.17) is 33.5 Å². The number of phosphoric acid groups is 1. The minimum atomic E-state index is -4.87. The first kappa shape index (κ1) is 29.1. The molecule has 2 heterocycles. The summed E-state index contributed by atoms with van der Waals surface area (Å²) in [6.07, 6.45) is 1.32. The summed E-state index contributed by atoms with van der Waals surface area (Å²) < 4.78 is 16.9. The van der Waals surface area contributed by atoms with Gasteiger partial charge in [-0.2, -0.15) is 0 Å². The second-order valence-corrected chi connectivity index (χ2v) is 14.8. The van der Waals surface area contributed by atoms with E-state index in [-0.39, 0.29) is 35.3 Å². The standard InChI is InChI=1S/C33H30Cl2N3O6P/c34-11-18-13-37(25-9-24(36)20-5-1-3-7-22(20)28(18)25)30(39)32-15-33(16-32,17-32)31(40)38-14-19(12-35)29-23-8-4-2-6-21(23)27(10-26(29)38)44-45(41,42)43/h1-10,18-19H,11-17,36H2,(H2,41,42,43). The number of hydrogen-bond donors (Lipinski definition) is 3. The molecule has 2 unspecified atom stereocenters. The van der Waals surface area contributed by atoms with Crippen molar-refractivity contribution in [2.75, 3.05) is 40.4 Å². The number of benzene rings is 4. The number of amides is 2. The maximum Gasteiger partial charge on any atom is 0.524 e. The summed E-state index contributed by atoms with van der Waals surface area (Å²) in [6.45, 7) is 0.813. The molecule has 45 heavy (non-hydrogen) atoms. The quantitative estimate of drug-likeness (QED) is 0.126. The zero-order chi connectivity index (χ0) is 31.5. The predicted molar refractivity (Wildman–Crippen MR) is 175 cm³/mol. The number of fused-ring (bicyclic) bond motifs is 6. The lowest BCUT2D eigenvalue weighted by Gasteiger charge is -2.69. The summed E-state index contributed by atoms with van der Waals surface area (Å²) in [5.74, 6) is 0.358. The Balaban J connectivity index is 1.09. The Bertz CT molecular complexity index is 1990. The van der Waals surface area contributed by atoms with Crippen LogP contribution in [-0.4, -0.2) is 46.5 Å². The van der Waals surface area contributed by atoms with Gasteiger partial charge < -0.3 is 20.1 Å². The summed E-state index contributed by atoms with van der Waals surface area (Å²) in [5.41, 5.74) is 8.98. The second kappa shape index (κ2) is 9.84. The number of nitrogen functional groups attached to an aromatic ring is 1. The van der Waals surface area contributed by atoms with Crippen LogP contribution in [0, 0.1) is 10.8 Å². The third kappa shape index (κ3) is 4.11. The van der Waals surface area contributed by atoms with Crippen LogP contribution in [0.1, 0.15) is 42.2 Å². The molecule has 2 amide bonds. The second-order valence-electron chi connectivity index (χ2n) is 13.0. The molecule has 2 aliphatic heterocycles. The number of rotatable bonds is 6. The van der Waals surface area contributed by atoms with Crippen LogP contribution in [-0.2, 0) is 14.2 Å². The third-order valence-electron chi connectivity index (χ3n) is 10.3. The van der Waals surface area contributed by atoms with E-state index in [9.17, 15) is 23.9 Å². The molecule has 9 rings (SSSR count). The highest BCUT2D eigenvalue weighted by molar-refractivity contribution is 7.46. The van der Waals surface area contributed by atoms with Crippen LogP contribution < -0.4 is 20.1 Å². The zero-order valence-corrected chi connectivity index (χ0v) is 26.5. The minimum Gasteiger partial charge on any atom is -0.404 e. The smallest absolute Gasteiger partial charge is 0.404 e. The molecule has 3 aliphatic carbocycles. The lowest BCUT2D eigenvalue weighted by Crippen LogP contribution is -2.73. The lowest BCUT2D eigenvalue weighted by atomic mass is 9.34. The van der Waals surface area contributed by atoms with Gasteiger partial charge in [0, 0.05) is 64.9 Å². The molecule has 3 saturated carbocycles. The number of carbonyl (C=O) groups excluding carboxylic acids is 2. The molecule has 4 aromatic carbocycles. The van der Waals surface area contributed by atoms with Crippen molar-refractivity contribution in [3.8, 4) is 5.75 Å². The number of nitrogens with two attached hydrogens (primary N) is 1. The largest absolute Gasteiger partial charge is 0.524 e. The summed E-state index contributed by atoms with van der Waals surface area (Å²) in [5, 5.41) is 3.22. The first-order chi connectivity index (χ1) is 21.5. The van der Waals surface area contributed by atoms with Crippen molar-refractivity contribution in [3.05, 3.63) is 71.8 Å². The molecule has 4 N–H and O–H groups in total. The summed E-state index contributed by atoms with van der Waals surface area (Å²) >= 11 is 12.8. The van der Waals surface area contributed by atoms with Crippen LogP contribution in [0.5, 0.6) is 5.75 Å². The van der Waals surface area contributed by atoms with Gasteiger partial charge >= 0.3 is 7.82 Å². The van der Waals surface area contributed by atoms with Gasteiger partial charge in [-0.1, -0.05) is 48.5 Å². The average molecular weight is 666 g/mol. The van der Waals surface area contributed by atoms with Crippen molar-refractivity contribution in [1.29, 1.82) is 0 Å². The summed E-state index contributed by atoms with van der Waals surface area (Å²) in [6, 6.07) is 18.5. The molecule has 0 spiro atoms. The molecule has 0 aromatic heterocycles. The Morgan fingerprint density at radius 3 is 1.73 bits per heavy atom. The number of anilines is 3. The van der Waals surface area contributed by atoms with E-state index in [1.807, 2.05) is 47.4 Å². The normalized spacial score (nSPS) is 26.4. The first-order valence-corrected chi connectivity index (χ1v) is 17.5. The Morgan fingerprint density at radius 2 is 1.24 bits per heavy atom. The number of hydrogen-bond acceptors (Lipinski definition) is 5. The van der Waals surface area contributed by atoms with Crippen LogP contribution in [0.25, 0.3) is 21.5 Å². The van der Waals surface area contributed by atoms with Crippen LogP contribution in [0.3, 0.4) is 0 Å². The Hall–Kier alpha value is -3.33. The highest BCUT2D eigenvalue weighted by Crippen LogP contribution is 2.75. The van der Waals surface area contributed by atoms with E-state index < -0.39 is 18.7 Å². The average Bonchev–Trinajstić information content (AvgIpc) is 3.53. The van der Waals surface area contributed by atoms with Gasteiger partial charge in [0.25, 0.3) is 0 Å². The van der Waals surface area contributed by atoms with E-state index in [1.165, 1.54) is 6.07 Å². The Morgan fingerprint density at radius 1 is 0.800 bits per heavy atom. The number of alkyl halides is 2. The Kier molecular flexibility index (Phi) is 6.36. The molecule has 232 valence electrons.